The average molecular weight is 596 g/mol. The molecule has 43 heavy (non-hydrogen) atoms. The summed E-state index contributed by atoms with van der Waals surface area (Å²) in [5.74, 6) is -1.80. The molecule has 228 valence electrons. The average Bonchev–Trinajstić information content (AvgIpc) is 3.47. The summed E-state index contributed by atoms with van der Waals surface area (Å²) in [5, 5.41) is 6.19. The summed E-state index contributed by atoms with van der Waals surface area (Å²) in [6.07, 6.45) is 1.34. The van der Waals surface area contributed by atoms with Crippen molar-refractivity contribution in [3.8, 4) is 0 Å². The molecular formula is C34H37F4N3O2. The summed E-state index contributed by atoms with van der Waals surface area (Å²) in [6.45, 7) is 3.46. The maximum atomic E-state index is 14.9. The van der Waals surface area contributed by atoms with Crippen molar-refractivity contribution >= 4 is 23.2 Å². The Bertz CT molecular complexity index is 1450. The first-order valence-corrected chi connectivity index (χ1v) is 14.9. The van der Waals surface area contributed by atoms with E-state index < -0.39 is 35.4 Å². The number of amides is 2. The maximum absolute atomic E-state index is 14.9. The van der Waals surface area contributed by atoms with Crippen molar-refractivity contribution in [3.05, 3.63) is 94.3 Å². The van der Waals surface area contributed by atoms with Crippen molar-refractivity contribution in [2.45, 2.75) is 77.1 Å². The van der Waals surface area contributed by atoms with Crippen LogP contribution >= 0.6 is 0 Å². The monoisotopic (exact) mass is 595 g/mol. The molecule has 1 saturated heterocycles. The van der Waals surface area contributed by atoms with Gasteiger partial charge in [-0.15, -0.1) is 0 Å². The first-order chi connectivity index (χ1) is 20.5. The lowest BCUT2D eigenvalue weighted by Crippen LogP contribution is -2.44. The van der Waals surface area contributed by atoms with Crippen molar-refractivity contribution < 1.29 is 27.2 Å². The van der Waals surface area contributed by atoms with Crippen LogP contribution in [0.25, 0.3) is 0 Å². The molecule has 5 nitrogen and oxygen atoms in total. The molecule has 3 aromatic rings. The standard InChI is InChI=1S/C34H37F4N3O2/c1-21-12-15-27(20-28(21)34(36,37)38)40-30(42)19-24-8-6-18-41(33(43)31-22(2)7-5-11-29(31)35)32(24)23-13-16-26(17-14-23)39-25-9-3-4-10-25/h5,7,11-17,20,24-25,32,39H,3-4,6,8-10,18-19H2,1-2H3,(H,40,42)/t24-,32+/m1/s1. The molecular weight excluding hydrogens is 558 g/mol. The van der Waals surface area contributed by atoms with Crippen LogP contribution in [0.1, 0.15) is 83.6 Å². The molecule has 2 aliphatic rings. The molecule has 1 heterocycles. The van der Waals surface area contributed by atoms with Gasteiger partial charge in [0.05, 0.1) is 17.2 Å². The second-order valence-corrected chi connectivity index (χ2v) is 11.8. The molecule has 2 N–H and O–H groups in total. The van der Waals surface area contributed by atoms with E-state index in [-0.39, 0.29) is 29.2 Å². The Labute approximate surface area is 249 Å². The van der Waals surface area contributed by atoms with Gasteiger partial charge in [0.1, 0.15) is 5.82 Å². The first kappa shape index (κ1) is 30.6. The van der Waals surface area contributed by atoms with E-state index in [4.69, 9.17) is 0 Å². The van der Waals surface area contributed by atoms with Gasteiger partial charge in [-0.2, -0.15) is 13.2 Å². The van der Waals surface area contributed by atoms with E-state index >= 15 is 0 Å². The summed E-state index contributed by atoms with van der Waals surface area (Å²) in [5.41, 5.74) is 1.67. The number of nitrogens with zero attached hydrogens (tertiary/aromatic N) is 1. The predicted octanol–water partition coefficient (Wildman–Crippen LogP) is 8.44. The number of likely N-dealkylation sites (tertiary alicyclic amines) is 1. The fourth-order valence-electron chi connectivity index (χ4n) is 6.55. The van der Waals surface area contributed by atoms with Crippen molar-refractivity contribution in [2.75, 3.05) is 17.2 Å². The lowest BCUT2D eigenvalue weighted by molar-refractivity contribution is -0.138. The van der Waals surface area contributed by atoms with Crippen LogP contribution in [0, 0.1) is 25.6 Å². The van der Waals surface area contributed by atoms with E-state index in [0.717, 1.165) is 30.2 Å². The third-order valence-electron chi connectivity index (χ3n) is 8.71. The molecule has 0 spiro atoms. The normalized spacial score (nSPS) is 19.3. The van der Waals surface area contributed by atoms with Gasteiger partial charge in [-0.1, -0.05) is 43.2 Å². The predicted molar refractivity (Wildman–Crippen MR) is 159 cm³/mol. The largest absolute Gasteiger partial charge is 0.416 e. The molecule has 1 saturated carbocycles. The minimum Gasteiger partial charge on any atom is -0.382 e. The molecule has 1 aliphatic heterocycles. The van der Waals surface area contributed by atoms with Gasteiger partial charge in [0.15, 0.2) is 0 Å². The fraction of sp³-hybridized carbons (Fsp3) is 0.412. The number of alkyl halides is 3. The van der Waals surface area contributed by atoms with E-state index in [1.165, 1.54) is 38.0 Å². The smallest absolute Gasteiger partial charge is 0.382 e. The molecule has 9 heteroatoms. The second kappa shape index (κ2) is 12.8. The Morgan fingerprint density at radius 3 is 2.26 bits per heavy atom. The van der Waals surface area contributed by atoms with E-state index in [0.29, 0.717) is 31.0 Å². The van der Waals surface area contributed by atoms with E-state index in [1.54, 1.807) is 24.0 Å². The van der Waals surface area contributed by atoms with Gasteiger partial charge in [0.2, 0.25) is 5.91 Å². The topological polar surface area (TPSA) is 61.4 Å². The Morgan fingerprint density at radius 2 is 1.58 bits per heavy atom. The quantitative estimate of drug-likeness (QED) is 0.270. The number of aryl methyl sites for hydroxylation is 2. The highest BCUT2D eigenvalue weighted by atomic mass is 19.4. The van der Waals surface area contributed by atoms with Crippen LogP contribution in [0.4, 0.5) is 28.9 Å². The second-order valence-electron chi connectivity index (χ2n) is 11.8. The third-order valence-corrected chi connectivity index (χ3v) is 8.71. The zero-order chi connectivity index (χ0) is 30.7. The molecule has 2 amide bonds. The SMILES string of the molecule is Cc1ccc(NC(=O)C[C@H]2CCCN(C(=O)c3c(C)cccc3F)[C@H]2c2ccc(NC3CCCC3)cc2)cc1C(F)(F)F. The number of benzene rings is 3. The zero-order valence-corrected chi connectivity index (χ0v) is 24.4. The van der Waals surface area contributed by atoms with Crippen LogP contribution in [0.3, 0.4) is 0 Å². The molecule has 1 aliphatic carbocycles. The van der Waals surface area contributed by atoms with Gasteiger partial charge >= 0.3 is 6.18 Å². The van der Waals surface area contributed by atoms with Crippen molar-refractivity contribution in [1.29, 1.82) is 0 Å². The number of nitrogens with one attached hydrogen (secondary N) is 2. The van der Waals surface area contributed by atoms with Crippen LogP contribution in [0.5, 0.6) is 0 Å². The molecule has 2 atom stereocenters. The number of halogens is 4. The summed E-state index contributed by atoms with van der Waals surface area (Å²) in [7, 11) is 0. The van der Waals surface area contributed by atoms with Gasteiger partial charge in [-0.05, 0) is 92.5 Å². The summed E-state index contributed by atoms with van der Waals surface area (Å²) < 4.78 is 55.3. The van der Waals surface area contributed by atoms with Crippen molar-refractivity contribution in [3.63, 3.8) is 0 Å². The van der Waals surface area contributed by atoms with Crippen LogP contribution in [-0.2, 0) is 11.0 Å². The van der Waals surface area contributed by atoms with Gasteiger partial charge < -0.3 is 15.5 Å². The summed E-state index contributed by atoms with van der Waals surface area (Å²) >= 11 is 0. The lowest BCUT2D eigenvalue weighted by Gasteiger charge is -2.42. The first-order valence-electron chi connectivity index (χ1n) is 14.9. The maximum Gasteiger partial charge on any atom is 0.416 e. The number of hydrogen-bond acceptors (Lipinski definition) is 3. The molecule has 3 aromatic carbocycles. The number of piperidine rings is 1. The highest BCUT2D eigenvalue weighted by Gasteiger charge is 2.38. The molecule has 0 aromatic heterocycles. The lowest BCUT2D eigenvalue weighted by atomic mass is 9.81. The third kappa shape index (κ3) is 7.03. The van der Waals surface area contributed by atoms with Gasteiger partial charge in [0, 0.05) is 30.4 Å². The van der Waals surface area contributed by atoms with E-state index in [2.05, 4.69) is 10.6 Å². The van der Waals surface area contributed by atoms with Gasteiger partial charge in [-0.25, -0.2) is 4.39 Å². The van der Waals surface area contributed by atoms with E-state index in [1.807, 2.05) is 24.3 Å². The molecule has 0 bridgehead atoms. The number of carbonyl (C=O) groups is 2. The number of anilines is 2. The number of carbonyl (C=O) groups excluding carboxylic acids is 2. The van der Waals surface area contributed by atoms with Gasteiger partial charge in [0.25, 0.3) is 5.91 Å². The van der Waals surface area contributed by atoms with Crippen molar-refractivity contribution in [1.82, 2.24) is 4.90 Å². The Kier molecular flexibility index (Phi) is 9.08. The summed E-state index contributed by atoms with van der Waals surface area (Å²) in [4.78, 5) is 28.8. The highest BCUT2D eigenvalue weighted by molar-refractivity contribution is 5.96. The minimum absolute atomic E-state index is 0.0106. The fourth-order valence-corrected chi connectivity index (χ4v) is 6.55. The van der Waals surface area contributed by atoms with Crippen molar-refractivity contribution in [2.24, 2.45) is 5.92 Å². The Hall–Kier alpha value is -3.88. The van der Waals surface area contributed by atoms with Crippen LogP contribution in [0.2, 0.25) is 0 Å². The van der Waals surface area contributed by atoms with Crippen LogP contribution in [0.15, 0.2) is 60.7 Å². The molecule has 0 radical (unpaired) electrons. The Balaban J connectivity index is 1.42. The van der Waals surface area contributed by atoms with E-state index in [9.17, 15) is 27.2 Å². The highest BCUT2D eigenvalue weighted by Crippen LogP contribution is 2.40. The minimum atomic E-state index is -4.54. The molecule has 5 rings (SSSR count). The number of hydrogen-bond donors (Lipinski definition) is 2. The molecule has 0 unspecified atom stereocenters. The van der Waals surface area contributed by atoms with Gasteiger partial charge in [-0.3, -0.25) is 9.59 Å². The zero-order valence-electron chi connectivity index (χ0n) is 24.4. The molecule has 2 fully saturated rings. The van der Waals surface area contributed by atoms with Crippen LogP contribution < -0.4 is 10.6 Å². The summed E-state index contributed by atoms with van der Waals surface area (Å²) in [6, 6.07) is 16.0. The Morgan fingerprint density at radius 1 is 0.884 bits per heavy atom. The van der Waals surface area contributed by atoms with Crippen LogP contribution in [-0.4, -0.2) is 29.3 Å². The number of rotatable bonds is 7.